The molecular formula is C23H32O4. The van der Waals surface area contributed by atoms with Crippen molar-refractivity contribution in [2.24, 2.45) is 34.5 Å². The number of hydrogen-bond donors (Lipinski definition) is 0. The van der Waals surface area contributed by atoms with E-state index in [9.17, 15) is 9.59 Å². The number of hydrogen-bond acceptors (Lipinski definition) is 4. The predicted molar refractivity (Wildman–Crippen MR) is 102 cm³/mol. The molecule has 0 bridgehead atoms. The molecule has 4 heteroatoms. The number of ether oxygens (including phenoxy) is 2. The van der Waals surface area contributed by atoms with E-state index in [2.05, 4.69) is 32.1 Å². The molecule has 0 aromatic rings. The van der Waals surface area contributed by atoms with E-state index in [-0.39, 0.29) is 28.9 Å². The fourth-order valence-electron chi connectivity index (χ4n) is 6.92. The van der Waals surface area contributed by atoms with Gasteiger partial charge in [0.1, 0.15) is 11.9 Å². The van der Waals surface area contributed by atoms with Crippen LogP contribution in [0, 0.1) is 34.5 Å². The van der Waals surface area contributed by atoms with E-state index in [0.29, 0.717) is 23.7 Å². The van der Waals surface area contributed by atoms with Gasteiger partial charge in [0.05, 0.1) is 0 Å². The molecule has 4 aliphatic rings. The Labute approximate surface area is 162 Å². The largest absolute Gasteiger partial charge is 0.458 e. The second kappa shape index (κ2) is 6.49. The molecule has 0 spiro atoms. The zero-order valence-electron chi connectivity index (χ0n) is 17.0. The number of carbonyl (C=O) groups excluding carboxylic acids is 2. The van der Waals surface area contributed by atoms with Crippen LogP contribution in [0.2, 0.25) is 0 Å². The van der Waals surface area contributed by atoms with Gasteiger partial charge in [0.15, 0.2) is 0 Å². The van der Waals surface area contributed by atoms with Gasteiger partial charge in [0.25, 0.3) is 0 Å². The van der Waals surface area contributed by atoms with Crippen molar-refractivity contribution in [3.8, 4) is 0 Å². The van der Waals surface area contributed by atoms with Crippen molar-refractivity contribution < 1.29 is 19.1 Å². The molecule has 0 heterocycles. The number of esters is 2. The van der Waals surface area contributed by atoms with Crippen molar-refractivity contribution in [2.45, 2.75) is 72.3 Å². The zero-order valence-corrected chi connectivity index (χ0v) is 17.0. The van der Waals surface area contributed by atoms with E-state index in [4.69, 9.17) is 9.47 Å². The molecule has 148 valence electrons. The maximum atomic E-state index is 11.5. The van der Waals surface area contributed by atoms with Crippen LogP contribution in [0.5, 0.6) is 0 Å². The lowest BCUT2D eigenvalue weighted by atomic mass is 9.46. The molecule has 0 amide bonds. The van der Waals surface area contributed by atoms with Crippen LogP contribution in [0.1, 0.15) is 66.2 Å². The van der Waals surface area contributed by atoms with E-state index in [0.717, 1.165) is 25.0 Å². The Hall–Kier alpha value is -1.58. The summed E-state index contributed by atoms with van der Waals surface area (Å²) in [5.41, 5.74) is 0.194. The Balaban J connectivity index is 1.56. The summed E-state index contributed by atoms with van der Waals surface area (Å²) in [6, 6.07) is 0. The summed E-state index contributed by atoms with van der Waals surface area (Å²) in [5.74, 6) is 3.01. The van der Waals surface area contributed by atoms with Crippen molar-refractivity contribution in [3.63, 3.8) is 0 Å². The fourth-order valence-corrected chi connectivity index (χ4v) is 6.92. The lowest BCUT2D eigenvalue weighted by molar-refractivity contribution is -0.147. The average Bonchev–Trinajstić information content (AvgIpc) is 2.91. The van der Waals surface area contributed by atoms with Gasteiger partial charge < -0.3 is 9.47 Å². The summed E-state index contributed by atoms with van der Waals surface area (Å²) >= 11 is 0. The first-order chi connectivity index (χ1) is 12.7. The summed E-state index contributed by atoms with van der Waals surface area (Å²) in [6.45, 7) is 7.72. The third kappa shape index (κ3) is 2.96. The molecule has 0 aromatic carbocycles. The maximum absolute atomic E-state index is 11.5. The summed E-state index contributed by atoms with van der Waals surface area (Å²) < 4.78 is 11.1. The average molecular weight is 373 g/mol. The molecule has 5 unspecified atom stereocenters. The van der Waals surface area contributed by atoms with Crippen molar-refractivity contribution >= 4 is 11.9 Å². The van der Waals surface area contributed by atoms with Crippen molar-refractivity contribution in [3.05, 3.63) is 24.0 Å². The highest BCUT2D eigenvalue weighted by atomic mass is 16.5. The maximum Gasteiger partial charge on any atom is 0.307 e. The highest BCUT2D eigenvalue weighted by molar-refractivity contribution is 5.67. The van der Waals surface area contributed by atoms with Crippen LogP contribution in [0.25, 0.3) is 0 Å². The second-order valence-corrected chi connectivity index (χ2v) is 9.61. The molecule has 0 aliphatic heterocycles. The van der Waals surface area contributed by atoms with E-state index < -0.39 is 0 Å². The molecule has 2 fully saturated rings. The van der Waals surface area contributed by atoms with Crippen molar-refractivity contribution in [1.82, 2.24) is 0 Å². The highest BCUT2D eigenvalue weighted by Gasteiger charge is 2.58. The lowest BCUT2D eigenvalue weighted by Gasteiger charge is -2.58. The van der Waals surface area contributed by atoms with Gasteiger partial charge >= 0.3 is 11.9 Å². The number of rotatable bonds is 2. The van der Waals surface area contributed by atoms with Crippen LogP contribution in [-0.4, -0.2) is 18.0 Å². The Morgan fingerprint density at radius 3 is 2.56 bits per heavy atom. The van der Waals surface area contributed by atoms with Gasteiger partial charge in [-0.1, -0.05) is 19.9 Å². The van der Waals surface area contributed by atoms with Gasteiger partial charge in [-0.15, -0.1) is 0 Å². The van der Waals surface area contributed by atoms with Crippen molar-refractivity contribution in [1.29, 1.82) is 0 Å². The highest BCUT2D eigenvalue weighted by Crippen LogP contribution is 2.65. The minimum absolute atomic E-state index is 0.00862. The molecule has 0 N–H and O–H groups in total. The number of carbonyl (C=O) groups is 2. The first kappa shape index (κ1) is 18.8. The summed E-state index contributed by atoms with van der Waals surface area (Å²) in [5, 5.41) is 0. The summed E-state index contributed by atoms with van der Waals surface area (Å²) in [6.07, 6.45) is 13.3. The summed E-state index contributed by atoms with van der Waals surface area (Å²) in [7, 11) is 0. The molecule has 0 saturated heterocycles. The molecule has 0 aromatic heterocycles. The quantitative estimate of drug-likeness (QED) is 0.516. The Morgan fingerprint density at radius 1 is 1.07 bits per heavy atom. The fraction of sp³-hybridized carbons (Fsp3) is 0.739. The van der Waals surface area contributed by atoms with Gasteiger partial charge in [-0.05, 0) is 79.8 Å². The zero-order chi connectivity index (χ0) is 19.4. The SMILES string of the molecule is CC(=O)OC1=CCC2C3CCC4CC(OC(C)=O)C=C[C@]4(C)C3CC[C@]12C. The van der Waals surface area contributed by atoms with Gasteiger partial charge in [0, 0.05) is 19.3 Å². The Morgan fingerprint density at radius 2 is 1.85 bits per heavy atom. The van der Waals surface area contributed by atoms with Crippen LogP contribution in [0.3, 0.4) is 0 Å². The smallest absolute Gasteiger partial charge is 0.307 e. The molecule has 4 aliphatic carbocycles. The van der Waals surface area contributed by atoms with E-state index in [1.165, 1.54) is 33.1 Å². The second-order valence-electron chi connectivity index (χ2n) is 9.61. The lowest BCUT2D eigenvalue weighted by Crippen LogP contribution is -2.52. The molecule has 27 heavy (non-hydrogen) atoms. The number of fused-ring (bicyclic) bond motifs is 5. The molecule has 0 radical (unpaired) electrons. The minimum atomic E-state index is -0.201. The van der Waals surface area contributed by atoms with Gasteiger partial charge in [-0.2, -0.15) is 0 Å². The standard InChI is InChI=1S/C23H32O4/c1-14(24)26-17-9-11-22(3)16(13-17)5-6-18-19-7-8-21(27-15(2)25)23(19,4)12-10-20(18)22/h8-9,11,16-20H,5-7,10,12-13H2,1-4H3/t16?,17?,18?,19?,20?,22-,23-/m0/s1. The van der Waals surface area contributed by atoms with Gasteiger partial charge in [0.2, 0.25) is 0 Å². The van der Waals surface area contributed by atoms with E-state index in [1.807, 2.05) is 0 Å². The van der Waals surface area contributed by atoms with Crippen molar-refractivity contribution in [2.75, 3.05) is 0 Å². The third-order valence-corrected chi connectivity index (χ3v) is 8.23. The van der Waals surface area contributed by atoms with Crippen LogP contribution in [0.15, 0.2) is 24.0 Å². The molecule has 2 saturated carbocycles. The minimum Gasteiger partial charge on any atom is -0.458 e. The molecular weight excluding hydrogens is 340 g/mol. The normalized spacial score (nSPS) is 45.2. The topological polar surface area (TPSA) is 52.6 Å². The van der Waals surface area contributed by atoms with Crippen LogP contribution < -0.4 is 0 Å². The van der Waals surface area contributed by atoms with Crippen LogP contribution in [0.4, 0.5) is 0 Å². The molecule has 7 atom stereocenters. The summed E-state index contributed by atoms with van der Waals surface area (Å²) in [4.78, 5) is 22.9. The monoisotopic (exact) mass is 372 g/mol. The van der Waals surface area contributed by atoms with Crippen LogP contribution in [-0.2, 0) is 19.1 Å². The van der Waals surface area contributed by atoms with Gasteiger partial charge in [-0.3, -0.25) is 9.59 Å². The number of allylic oxidation sites excluding steroid dienone is 3. The van der Waals surface area contributed by atoms with E-state index in [1.54, 1.807) is 0 Å². The third-order valence-electron chi connectivity index (χ3n) is 8.23. The Bertz CT molecular complexity index is 707. The molecule has 4 nitrogen and oxygen atoms in total. The Kier molecular flexibility index (Phi) is 4.51. The molecule has 4 rings (SSSR count). The van der Waals surface area contributed by atoms with E-state index >= 15 is 0 Å². The first-order valence-electron chi connectivity index (χ1n) is 10.5. The van der Waals surface area contributed by atoms with Gasteiger partial charge in [-0.25, -0.2) is 0 Å². The first-order valence-corrected chi connectivity index (χ1v) is 10.5. The van der Waals surface area contributed by atoms with Crippen LogP contribution >= 0.6 is 0 Å². The predicted octanol–water partition coefficient (Wildman–Crippen LogP) is 4.79.